The fourth-order valence-corrected chi connectivity index (χ4v) is 2.80. The number of hydrogen-bond acceptors (Lipinski definition) is 1. The van der Waals surface area contributed by atoms with Crippen molar-refractivity contribution in [2.75, 3.05) is 5.75 Å². The average Bonchev–Trinajstić information content (AvgIpc) is 2.63. The van der Waals surface area contributed by atoms with E-state index in [0.717, 1.165) is 5.92 Å². The molecular weight excluding hydrogens is 176 g/mol. The van der Waals surface area contributed by atoms with Gasteiger partial charge in [0.1, 0.15) is 0 Å². The highest BCUT2D eigenvalue weighted by molar-refractivity contribution is 7.99. The molecule has 0 aliphatic carbocycles. The third-order valence-electron chi connectivity index (χ3n) is 2.89. The van der Waals surface area contributed by atoms with Crippen molar-refractivity contribution in [1.29, 1.82) is 0 Å². The quantitative estimate of drug-likeness (QED) is 0.686. The minimum atomic E-state index is 0.718. The molecule has 1 heteroatoms. The van der Waals surface area contributed by atoms with E-state index in [-0.39, 0.29) is 0 Å². The molecule has 0 radical (unpaired) electrons. The molecule has 1 aliphatic heterocycles. The van der Waals surface area contributed by atoms with Crippen LogP contribution in [0.3, 0.4) is 0 Å². The molecule has 0 nitrogen and oxygen atoms in total. The van der Waals surface area contributed by atoms with Crippen LogP contribution in [0.5, 0.6) is 0 Å². The van der Waals surface area contributed by atoms with Crippen LogP contribution >= 0.6 is 11.8 Å². The van der Waals surface area contributed by atoms with Crippen LogP contribution in [0.25, 0.3) is 0 Å². The van der Waals surface area contributed by atoms with Gasteiger partial charge in [-0.25, -0.2) is 0 Å². The molecule has 0 amide bonds. The topological polar surface area (TPSA) is 0 Å². The Labute approximate surface area is 84.7 Å². The summed E-state index contributed by atoms with van der Waals surface area (Å²) in [7, 11) is 0. The van der Waals surface area contributed by atoms with Gasteiger partial charge in [-0.15, -0.1) is 11.8 Å². The van der Waals surface area contributed by atoms with E-state index in [9.17, 15) is 0 Å². The fraction of sp³-hybridized carbons (Fsp3) is 0.500. The molecule has 0 saturated carbocycles. The van der Waals surface area contributed by atoms with E-state index >= 15 is 0 Å². The van der Waals surface area contributed by atoms with Gasteiger partial charge in [0.2, 0.25) is 0 Å². The van der Waals surface area contributed by atoms with Crippen LogP contribution < -0.4 is 0 Å². The summed E-state index contributed by atoms with van der Waals surface area (Å²) in [4.78, 5) is 1.51. The first kappa shape index (κ1) is 9.14. The SMILES string of the molecule is CCC(C)c1ccc2c(c1)CCS2. The first-order chi connectivity index (χ1) is 6.31. The maximum absolute atomic E-state index is 2.41. The molecule has 2 rings (SSSR count). The lowest BCUT2D eigenvalue weighted by Gasteiger charge is -2.10. The van der Waals surface area contributed by atoms with E-state index < -0.39 is 0 Å². The third-order valence-corrected chi connectivity index (χ3v) is 4.01. The summed E-state index contributed by atoms with van der Waals surface area (Å²) in [6.07, 6.45) is 2.51. The van der Waals surface area contributed by atoms with E-state index in [0.29, 0.717) is 0 Å². The number of thioether (sulfide) groups is 1. The van der Waals surface area contributed by atoms with Gasteiger partial charge in [0.15, 0.2) is 0 Å². The molecule has 0 saturated heterocycles. The predicted octanol–water partition coefficient (Wildman–Crippen LogP) is 3.85. The summed E-state index contributed by atoms with van der Waals surface area (Å²) in [5.74, 6) is 2.00. The minimum absolute atomic E-state index is 0.718. The number of fused-ring (bicyclic) bond motifs is 1. The number of aryl methyl sites for hydroxylation is 1. The number of rotatable bonds is 2. The van der Waals surface area contributed by atoms with Gasteiger partial charge in [-0.2, -0.15) is 0 Å². The molecule has 1 aromatic carbocycles. The highest BCUT2D eigenvalue weighted by atomic mass is 32.2. The Hall–Kier alpha value is -0.430. The minimum Gasteiger partial charge on any atom is -0.126 e. The van der Waals surface area contributed by atoms with Crippen molar-refractivity contribution in [3.05, 3.63) is 29.3 Å². The zero-order valence-corrected chi connectivity index (χ0v) is 9.16. The lowest BCUT2D eigenvalue weighted by atomic mass is 9.96. The van der Waals surface area contributed by atoms with Gasteiger partial charge in [-0.1, -0.05) is 26.0 Å². The molecule has 1 atom stereocenters. The van der Waals surface area contributed by atoms with Crippen LogP contribution in [0.1, 0.15) is 37.3 Å². The highest BCUT2D eigenvalue weighted by Gasteiger charge is 2.12. The molecule has 13 heavy (non-hydrogen) atoms. The molecule has 1 aliphatic rings. The Morgan fingerprint density at radius 2 is 2.31 bits per heavy atom. The third kappa shape index (κ3) is 1.76. The molecule has 1 aromatic rings. The van der Waals surface area contributed by atoms with Crippen LogP contribution in [0.4, 0.5) is 0 Å². The van der Waals surface area contributed by atoms with Gasteiger partial charge >= 0.3 is 0 Å². The van der Waals surface area contributed by atoms with Crippen molar-refractivity contribution in [2.24, 2.45) is 0 Å². The lowest BCUT2D eigenvalue weighted by molar-refractivity contribution is 0.731. The Morgan fingerprint density at radius 1 is 1.46 bits per heavy atom. The van der Waals surface area contributed by atoms with Crippen LogP contribution in [0.15, 0.2) is 23.1 Å². The largest absolute Gasteiger partial charge is 0.126 e. The van der Waals surface area contributed by atoms with Crippen molar-refractivity contribution in [2.45, 2.75) is 37.5 Å². The molecule has 0 bridgehead atoms. The van der Waals surface area contributed by atoms with Gasteiger partial charge in [0.05, 0.1) is 0 Å². The summed E-state index contributed by atoms with van der Waals surface area (Å²) < 4.78 is 0. The number of benzene rings is 1. The highest BCUT2D eigenvalue weighted by Crippen LogP contribution is 2.33. The molecule has 1 unspecified atom stereocenters. The van der Waals surface area contributed by atoms with E-state index in [4.69, 9.17) is 0 Å². The van der Waals surface area contributed by atoms with Crippen LogP contribution in [0.2, 0.25) is 0 Å². The standard InChI is InChI=1S/C12H16S/c1-3-9(2)10-4-5-12-11(8-10)6-7-13-12/h4-5,8-9H,3,6-7H2,1-2H3. The van der Waals surface area contributed by atoms with Crippen molar-refractivity contribution in [1.82, 2.24) is 0 Å². The second-order valence-corrected chi connectivity index (χ2v) is 4.91. The van der Waals surface area contributed by atoms with E-state index in [2.05, 4.69) is 32.0 Å². The lowest BCUT2D eigenvalue weighted by Crippen LogP contribution is -1.92. The second-order valence-electron chi connectivity index (χ2n) is 3.77. The van der Waals surface area contributed by atoms with Gasteiger partial charge in [0.25, 0.3) is 0 Å². The smallest absolute Gasteiger partial charge is 0.0105 e. The van der Waals surface area contributed by atoms with Crippen molar-refractivity contribution >= 4 is 11.8 Å². The first-order valence-corrected chi connectivity index (χ1v) is 6.05. The van der Waals surface area contributed by atoms with E-state index in [1.807, 2.05) is 11.8 Å². The Morgan fingerprint density at radius 3 is 3.08 bits per heavy atom. The van der Waals surface area contributed by atoms with E-state index in [1.165, 1.54) is 29.1 Å². The fourth-order valence-electron chi connectivity index (χ4n) is 1.75. The molecule has 0 spiro atoms. The van der Waals surface area contributed by atoms with Crippen molar-refractivity contribution < 1.29 is 0 Å². The van der Waals surface area contributed by atoms with Crippen molar-refractivity contribution in [3.63, 3.8) is 0 Å². The van der Waals surface area contributed by atoms with E-state index in [1.54, 1.807) is 5.56 Å². The molecule has 1 heterocycles. The summed E-state index contributed by atoms with van der Waals surface area (Å²) in [5, 5.41) is 0. The van der Waals surface area contributed by atoms with Gasteiger partial charge in [-0.05, 0) is 36.0 Å². The maximum Gasteiger partial charge on any atom is 0.0105 e. The summed E-state index contributed by atoms with van der Waals surface area (Å²) >= 11 is 2.00. The van der Waals surface area contributed by atoms with Gasteiger partial charge in [0, 0.05) is 10.6 Å². The monoisotopic (exact) mass is 192 g/mol. The zero-order chi connectivity index (χ0) is 9.26. The second kappa shape index (κ2) is 3.75. The molecule has 0 N–H and O–H groups in total. The average molecular weight is 192 g/mol. The van der Waals surface area contributed by atoms with Crippen LogP contribution in [-0.4, -0.2) is 5.75 Å². The predicted molar refractivity (Wildman–Crippen MR) is 59.6 cm³/mol. The Balaban J connectivity index is 2.30. The normalized spacial score (nSPS) is 17.1. The summed E-state index contributed by atoms with van der Waals surface area (Å²) in [6.45, 7) is 4.57. The summed E-state index contributed by atoms with van der Waals surface area (Å²) in [6, 6.07) is 7.00. The zero-order valence-electron chi connectivity index (χ0n) is 8.34. The summed E-state index contributed by atoms with van der Waals surface area (Å²) in [5.41, 5.74) is 3.09. The van der Waals surface area contributed by atoms with Gasteiger partial charge in [-0.3, -0.25) is 0 Å². The molecule has 0 aromatic heterocycles. The molecule has 0 fully saturated rings. The maximum atomic E-state index is 2.41. The Kier molecular flexibility index (Phi) is 2.63. The molecule has 70 valence electrons. The van der Waals surface area contributed by atoms with Crippen LogP contribution in [0, 0.1) is 0 Å². The van der Waals surface area contributed by atoms with Gasteiger partial charge < -0.3 is 0 Å². The van der Waals surface area contributed by atoms with Crippen molar-refractivity contribution in [3.8, 4) is 0 Å². The Bertz CT molecular complexity index is 304. The number of hydrogen-bond donors (Lipinski definition) is 0. The van der Waals surface area contributed by atoms with Crippen LogP contribution in [-0.2, 0) is 6.42 Å². The molecular formula is C12H16S. The first-order valence-electron chi connectivity index (χ1n) is 5.07.